The van der Waals surface area contributed by atoms with E-state index in [1.165, 1.54) is 4.90 Å². The van der Waals surface area contributed by atoms with E-state index < -0.39 is 18.0 Å². The highest BCUT2D eigenvalue weighted by molar-refractivity contribution is 6.01. The summed E-state index contributed by atoms with van der Waals surface area (Å²) in [5.41, 5.74) is 0.888. The van der Waals surface area contributed by atoms with E-state index in [4.69, 9.17) is 4.74 Å². The summed E-state index contributed by atoms with van der Waals surface area (Å²) < 4.78 is 5.34. The summed E-state index contributed by atoms with van der Waals surface area (Å²) in [6.45, 7) is 2.61. The molecule has 1 aliphatic heterocycles. The fourth-order valence-corrected chi connectivity index (χ4v) is 2.48. The summed E-state index contributed by atoms with van der Waals surface area (Å²) in [4.78, 5) is 37.1. The largest absolute Gasteiger partial charge is 0.445 e. The van der Waals surface area contributed by atoms with Crippen molar-refractivity contribution in [2.24, 2.45) is 0 Å². The molecule has 1 N–H and O–H groups in total. The Morgan fingerprint density at radius 2 is 2.04 bits per heavy atom. The van der Waals surface area contributed by atoms with Crippen LogP contribution in [0, 0.1) is 0 Å². The number of hydrogen-bond donors (Lipinski definition) is 1. The Morgan fingerprint density at radius 1 is 1.30 bits per heavy atom. The molecule has 0 saturated carbocycles. The van der Waals surface area contributed by atoms with Gasteiger partial charge in [0, 0.05) is 13.0 Å². The fourth-order valence-electron chi connectivity index (χ4n) is 2.48. The summed E-state index contributed by atoms with van der Waals surface area (Å²) in [7, 11) is 0. The van der Waals surface area contributed by atoms with E-state index in [9.17, 15) is 14.4 Å². The summed E-state index contributed by atoms with van der Waals surface area (Å²) in [6.07, 6.45) is 1.74. The average Bonchev–Trinajstić information content (AvgIpc) is 2.55. The van der Waals surface area contributed by atoms with Crippen LogP contribution in [0.5, 0.6) is 0 Å². The van der Waals surface area contributed by atoms with E-state index in [0.29, 0.717) is 13.0 Å². The van der Waals surface area contributed by atoms with Gasteiger partial charge < -0.3 is 4.74 Å². The summed E-state index contributed by atoms with van der Waals surface area (Å²) in [6, 6.07) is 8.74. The third-order valence-electron chi connectivity index (χ3n) is 3.78. The lowest BCUT2D eigenvalue weighted by Gasteiger charge is -2.32. The molecule has 0 bridgehead atoms. The summed E-state index contributed by atoms with van der Waals surface area (Å²) in [5, 5.41) is 2.29. The number of carbonyl (C=O) groups excluding carboxylic acids is 3. The molecule has 0 unspecified atom stereocenters. The normalized spacial score (nSPS) is 17.5. The van der Waals surface area contributed by atoms with Crippen LogP contribution in [0.4, 0.5) is 4.79 Å². The van der Waals surface area contributed by atoms with E-state index in [-0.39, 0.29) is 18.9 Å². The van der Waals surface area contributed by atoms with Crippen LogP contribution in [0.25, 0.3) is 0 Å². The lowest BCUT2D eigenvalue weighted by Crippen LogP contribution is -2.54. The van der Waals surface area contributed by atoms with Gasteiger partial charge >= 0.3 is 6.09 Å². The standard InChI is InChI=1S/C17H22N2O4/c1-2-3-11-19(14-9-10-15(20)18-16(14)21)17(22)23-12-13-7-5-4-6-8-13/h4-8,14H,2-3,9-12H2,1H3,(H,18,20,21)/t14-/m0/s1. The van der Waals surface area contributed by atoms with Gasteiger partial charge in [0.25, 0.3) is 0 Å². The molecule has 0 radical (unpaired) electrons. The Balaban J connectivity index is 2.00. The van der Waals surface area contributed by atoms with Crippen LogP contribution >= 0.6 is 0 Å². The first kappa shape index (κ1) is 17.0. The number of nitrogens with one attached hydrogen (secondary N) is 1. The van der Waals surface area contributed by atoms with Crippen molar-refractivity contribution in [3.05, 3.63) is 35.9 Å². The number of piperidine rings is 1. The van der Waals surface area contributed by atoms with Gasteiger partial charge in [-0.05, 0) is 18.4 Å². The van der Waals surface area contributed by atoms with Crippen LogP contribution in [-0.2, 0) is 20.9 Å². The minimum atomic E-state index is -0.637. The smallest absolute Gasteiger partial charge is 0.410 e. The molecule has 0 aromatic heterocycles. The topological polar surface area (TPSA) is 75.7 Å². The fraction of sp³-hybridized carbons (Fsp3) is 0.471. The highest BCUT2D eigenvalue weighted by Crippen LogP contribution is 2.15. The minimum absolute atomic E-state index is 0.162. The Labute approximate surface area is 135 Å². The highest BCUT2D eigenvalue weighted by atomic mass is 16.6. The molecule has 0 spiro atoms. The Kier molecular flexibility index (Phi) is 6.14. The third kappa shape index (κ3) is 4.81. The third-order valence-corrected chi connectivity index (χ3v) is 3.78. The lowest BCUT2D eigenvalue weighted by molar-refractivity contribution is -0.137. The molecule has 6 heteroatoms. The molecule has 2 rings (SSSR count). The molecular formula is C17H22N2O4. The molecule has 6 nitrogen and oxygen atoms in total. The van der Waals surface area contributed by atoms with E-state index in [1.807, 2.05) is 37.3 Å². The first-order valence-electron chi connectivity index (χ1n) is 7.93. The Hall–Kier alpha value is -2.37. The van der Waals surface area contributed by atoms with E-state index in [1.54, 1.807) is 0 Å². The highest BCUT2D eigenvalue weighted by Gasteiger charge is 2.34. The SMILES string of the molecule is CCCCN(C(=O)OCc1ccccc1)[C@H]1CCC(=O)NC1=O. The number of rotatable bonds is 6. The van der Waals surface area contributed by atoms with Gasteiger partial charge in [0.15, 0.2) is 0 Å². The molecule has 1 aromatic rings. The van der Waals surface area contributed by atoms with Gasteiger partial charge in [0.1, 0.15) is 12.6 Å². The zero-order chi connectivity index (χ0) is 16.7. The maximum absolute atomic E-state index is 12.4. The maximum atomic E-state index is 12.4. The van der Waals surface area contributed by atoms with Gasteiger partial charge in [0.2, 0.25) is 11.8 Å². The van der Waals surface area contributed by atoms with Gasteiger partial charge in [-0.25, -0.2) is 4.79 Å². The molecule has 3 amide bonds. The van der Waals surface area contributed by atoms with Gasteiger partial charge in [0.05, 0.1) is 0 Å². The van der Waals surface area contributed by atoms with Crippen molar-refractivity contribution >= 4 is 17.9 Å². The molecule has 1 fully saturated rings. The first-order valence-corrected chi connectivity index (χ1v) is 7.93. The second kappa shape index (κ2) is 8.31. The average molecular weight is 318 g/mol. The van der Waals surface area contributed by atoms with Crippen molar-refractivity contribution in [1.82, 2.24) is 10.2 Å². The minimum Gasteiger partial charge on any atom is -0.445 e. The van der Waals surface area contributed by atoms with Crippen LogP contribution in [0.15, 0.2) is 30.3 Å². The molecule has 1 atom stereocenters. The number of carbonyl (C=O) groups is 3. The lowest BCUT2D eigenvalue weighted by atomic mass is 10.0. The van der Waals surface area contributed by atoms with Gasteiger partial charge in [-0.3, -0.25) is 19.8 Å². The van der Waals surface area contributed by atoms with Crippen molar-refractivity contribution in [3.63, 3.8) is 0 Å². The zero-order valence-electron chi connectivity index (χ0n) is 13.3. The number of ether oxygens (including phenoxy) is 1. The van der Waals surface area contributed by atoms with Crippen molar-refractivity contribution in [2.75, 3.05) is 6.54 Å². The molecule has 1 saturated heterocycles. The number of benzene rings is 1. The predicted molar refractivity (Wildman–Crippen MR) is 84.4 cm³/mol. The monoisotopic (exact) mass is 318 g/mol. The number of unbranched alkanes of at least 4 members (excludes halogenated alkanes) is 1. The first-order chi connectivity index (χ1) is 11.1. The maximum Gasteiger partial charge on any atom is 0.410 e. The van der Waals surface area contributed by atoms with Crippen molar-refractivity contribution in [2.45, 2.75) is 45.3 Å². The number of imide groups is 1. The van der Waals surface area contributed by atoms with Crippen molar-refractivity contribution < 1.29 is 19.1 Å². The van der Waals surface area contributed by atoms with E-state index in [0.717, 1.165) is 18.4 Å². The molecule has 1 aliphatic rings. The van der Waals surface area contributed by atoms with Crippen LogP contribution in [0.1, 0.15) is 38.2 Å². The summed E-state index contributed by atoms with van der Waals surface area (Å²) >= 11 is 0. The molecule has 1 heterocycles. The number of nitrogens with zero attached hydrogens (tertiary/aromatic N) is 1. The van der Waals surface area contributed by atoms with Gasteiger partial charge in [-0.15, -0.1) is 0 Å². The quantitative estimate of drug-likeness (QED) is 0.816. The summed E-state index contributed by atoms with van der Waals surface area (Å²) in [5.74, 6) is -0.714. The van der Waals surface area contributed by atoms with Crippen LogP contribution in [0.3, 0.4) is 0 Å². The van der Waals surface area contributed by atoms with E-state index in [2.05, 4.69) is 5.32 Å². The Bertz CT molecular complexity index is 559. The van der Waals surface area contributed by atoms with Crippen molar-refractivity contribution in [3.8, 4) is 0 Å². The molecule has 23 heavy (non-hydrogen) atoms. The number of hydrogen-bond acceptors (Lipinski definition) is 4. The second-order valence-electron chi connectivity index (χ2n) is 5.55. The second-order valence-corrected chi connectivity index (χ2v) is 5.55. The molecular weight excluding hydrogens is 296 g/mol. The van der Waals surface area contributed by atoms with Crippen LogP contribution in [-0.4, -0.2) is 35.4 Å². The van der Waals surface area contributed by atoms with Crippen molar-refractivity contribution in [1.29, 1.82) is 0 Å². The number of amides is 3. The van der Waals surface area contributed by atoms with Gasteiger partial charge in [-0.1, -0.05) is 43.7 Å². The molecule has 124 valence electrons. The molecule has 0 aliphatic carbocycles. The zero-order valence-corrected chi connectivity index (χ0v) is 13.3. The van der Waals surface area contributed by atoms with Gasteiger partial charge in [-0.2, -0.15) is 0 Å². The Morgan fingerprint density at radius 3 is 2.70 bits per heavy atom. The van der Waals surface area contributed by atoms with Crippen LogP contribution < -0.4 is 5.32 Å². The molecule has 1 aromatic carbocycles. The predicted octanol–water partition coefficient (Wildman–Crippen LogP) is 2.23. The van der Waals surface area contributed by atoms with E-state index >= 15 is 0 Å². The van der Waals surface area contributed by atoms with Crippen LogP contribution in [0.2, 0.25) is 0 Å².